The highest BCUT2D eigenvalue weighted by molar-refractivity contribution is 5.51. The molecule has 2 N–H and O–H groups in total. The molecule has 0 unspecified atom stereocenters. The van der Waals surface area contributed by atoms with Crippen LogP contribution in [-0.2, 0) is 6.42 Å². The Morgan fingerprint density at radius 2 is 1.88 bits per heavy atom. The van der Waals surface area contributed by atoms with Crippen LogP contribution in [0.5, 0.6) is 0 Å². The highest BCUT2D eigenvalue weighted by Gasteiger charge is 2.11. The lowest BCUT2D eigenvalue weighted by Crippen LogP contribution is -2.30. The third kappa shape index (κ3) is 3.47. The van der Waals surface area contributed by atoms with Gasteiger partial charge in [-0.25, -0.2) is 0 Å². The average Bonchev–Trinajstić information content (AvgIpc) is 2.33. The number of anilines is 1. The standard InChI is InChI=1S/C15H26N2/c1-5-14(6-2)17(4)15-8-7-13(9-10-16)12(3)11-15/h7-8,11,14H,5-6,9-10,16H2,1-4H3. The van der Waals surface area contributed by atoms with Gasteiger partial charge in [0.15, 0.2) is 0 Å². The lowest BCUT2D eigenvalue weighted by atomic mass is 10.0. The molecule has 0 atom stereocenters. The molecule has 0 heterocycles. The van der Waals surface area contributed by atoms with Crippen molar-refractivity contribution in [2.75, 3.05) is 18.5 Å². The minimum atomic E-state index is 0.634. The van der Waals surface area contributed by atoms with Gasteiger partial charge in [0, 0.05) is 18.8 Å². The van der Waals surface area contributed by atoms with E-state index in [0.717, 1.165) is 13.0 Å². The van der Waals surface area contributed by atoms with Crippen LogP contribution in [0.15, 0.2) is 18.2 Å². The largest absolute Gasteiger partial charge is 0.372 e. The first-order valence-electron chi connectivity index (χ1n) is 6.66. The van der Waals surface area contributed by atoms with Crippen LogP contribution in [-0.4, -0.2) is 19.6 Å². The van der Waals surface area contributed by atoms with Crippen molar-refractivity contribution < 1.29 is 0 Å². The van der Waals surface area contributed by atoms with Crippen LogP contribution in [0.1, 0.15) is 37.8 Å². The molecule has 0 fully saturated rings. The summed E-state index contributed by atoms with van der Waals surface area (Å²) in [6.07, 6.45) is 3.36. The third-order valence-electron chi connectivity index (χ3n) is 3.64. The Kier molecular flexibility index (Phi) is 5.49. The molecule has 1 rings (SSSR count). The molecular formula is C15H26N2. The number of nitrogens with two attached hydrogens (primary N) is 1. The molecule has 0 aliphatic rings. The fraction of sp³-hybridized carbons (Fsp3) is 0.600. The quantitative estimate of drug-likeness (QED) is 0.819. The van der Waals surface area contributed by atoms with Crippen LogP contribution < -0.4 is 10.6 Å². The number of hydrogen-bond acceptors (Lipinski definition) is 2. The summed E-state index contributed by atoms with van der Waals surface area (Å²) in [6, 6.07) is 7.35. The molecule has 2 heteroatoms. The predicted molar refractivity (Wildman–Crippen MR) is 76.7 cm³/mol. The number of hydrogen-bond donors (Lipinski definition) is 1. The summed E-state index contributed by atoms with van der Waals surface area (Å²) in [4.78, 5) is 2.39. The lowest BCUT2D eigenvalue weighted by Gasteiger charge is -2.29. The Hall–Kier alpha value is -1.02. The highest BCUT2D eigenvalue weighted by Crippen LogP contribution is 2.22. The number of benzene rings is 1. The maximum absolute atomic E-state index is 5.61. The summed E-state index contributed by atoms with van der Waals surface area (Å²) in [7, 11) is 2.19. The van der Waals surface area contributed by atoms with Crippen molar-refractivity contribution in [3.63, 3.8) is 0 Å². The van der Waals surface area contributed by atoms with Crippen LogP contribution >= 0.6 is 0 Å². The molecule has 1 aromatic carbocycles. The van der Waals surface area contributed by atoms with Gasteiger partial charge in [-0.15, -0.1) is 0 Å². The average molecular weight is 234 g/mol. The Morgan fingerprint density at radius 3 is 2.35 bits per heavy atom. The molecular weight excluding hydrogens is 208 g/mol. The number of aryl methyl sites for hydroxylation is 1. The van der Waals surface area contributed by atoms with Gasteiger partial charge in [0.2, 0.25) is 0 Å². The molecule has 0 aliphatic carbocycles. The van der Waals surface area contributed by atoms with Crippen molar-refractivity contribution in [3.8, 4) is 0 Å². The second-order valence-electron chi connectivity index (χ2n) is 4.73. The Labute approximate surface area is 106 Å². The van der Waals surface area contributed by atoms with E-state index in [0.29, 0.717) is 6.04 Å². The normalized spacial score (nSPS) is 10.9. The summed E-state index contributed by atoms with van der Waals surface area (Å²) in [6.45, 7) is 7.40. The summed E-state index contributed by atoms with van der Waals surface area (Å²) < 4.78 is 0. The van der Waals surface area contributed by atoms with Crippen LogP contribution in [0.2, 0.25) is 0 Å². The molecule has 0 bridgehead atoms. The van der Waals surface area contributed by atoms with Crippen LogP contribution in [0, 0.1) is 6.92 Å². The molecule has 0 spiro atoms. The molecule has 17 heavy (non-hydrogen) atoms. The zero-order chi connectivity index (χ0) is 12.8. The molecule has 0 saturated carbocycles. The second kappa shape index (κ2) is 6.65. The van der Waals surface area contributed by atoms with Gasteiger partial charge in [0.05, 0.1) is 0 Å². The van der Waals surface area contributed by atoms with Gasteiger partial charge in [-0.2, -0.15) is 0 Å². The van der Waals surface area contributed by atoms with E-state index in [2.05, 4.69) is 50.9 Å². The summed E-state index contributed by atoms with van der Waals surface area (Å²) in [5.41, 5.74) is 9.65. The minimum absolute atomic E-state index is 0.634. The maximum atomic E-state index is 5.61. The van der Waals surface area contributed by atoms with Crippen LogP contribution in [0.4, 0.5) is 5.69 Å². The minimum Gasteiger partial charge on any atom is -0.372 e. The molecule has 0 amide bonds. The summed E-state index contributed by atoms with van der Waals surface area (Å²) in [5, 5.41) is 0. The smallest absolute Gasteiger partial charge is 0.0368 e. The van der Waals surface area contributed by atoms with Crippen molar-refractivity contribution >= 4 is 5.69 Å². The van der Waals surface area contributed by atoms with E-state index in [4.69, 9.17) is 5.73 Å². The Morgan fingerprint density at radius 1 is 1.24 bits per heavy atom. The van der Waals surface area contributed by atoms with Gasteiger partial charge >= 0.3 is 0 Å². The van der Waals surface area contributed by atoms with E-state index in [1.165, 1.54) is 29.7 Å². The molecule has 96 valence electrons. The van der Waals surface area contributed by atoms with E-state index in [-0.39, 0.29) is 0 Å². The van der Waals surface area contributed by atoms with E-state index >= 15 is 0 Å². The molecule has 0 radical (unpaired) electrons. The predicted octanol–water partition coefficient (Wildman–Crippen LogP) is 3.12. The fourth-order valence-electron chi connectivity index (χ4n) is 2.38. The zero-order valence-corrected chi connectivity index (χ0v) is 11.7. The Bertz CT molecular complexity index is 343. The SMILES string of the molecule is CCC(CC)N(C)c1ccc(CCN)c(C)c1. The van der Waals surface area contributed by atoms with Gasteiger partial charge in [-0.3, -0.25) is 0 Å². The first kappa shape index (κ1) is 14.0. The zero-order valence-electron chi connectivity index (χ0n) is 11.7. The first-order chi connectivity index (χ1) is 8.13. The summed E-state index contributed by atoms with van der Waals surface area (Å²) in [5.74, 6) is 0. The van der Waals surface area contributed by atoms with Crippen molar-refractivity contribution in [3.05, 3.63) is 29.3 Å². The van der Waals surface area contributed by atoms with Gasteiger partial charge in [-0.1, -0.05) is 19.9 Å². The van der Waals surface area contributed by atoms with E-state index < -0.39 is 0 Å². The molecule has 1 aromatic rings. The van der Waals surface area contributed by atoms with Crippen molar-refractivity contribution in [2.24, 2.45) is 5.73 Å². The van der Waals surface area contributed by atoms with E-state index in [9.17, 15) is 0 Å². The van der Waals surface area contributed by atoms with E-state index in [1.54, 1.807) is 0 Å². The monoisotopic (exact) mass is 234 g/mol. The van der Waals surface area contributed by atoms with Crippen LogP contribution in [0.25, 0.3) is 0 Å². The van der Waals surface area contributed by atoms with Crippen LogP contribution in [0.3, 0.4) is 0 Å². The van der Waals surface area contributed by atoms with Crippen molar-refractivity contribution in [2.45, 2.75) is 46.1 Å². The summed E-state index contributed by atoms with van der Waals surface area (Å²) >= 11 is 0. The van der Waals surface area contributed by atoms with Crippen molar-refractivity contribution in [1.29, 1.82) is 0 Å². The highest BCUT2D eigenvalue weighted by atomic mass is 15.1. The number of nitrogens with zero attached hydrogens (tertiary/aromatic N) is 1. The molecule has 2 nitrogen and oxygen atoms in total. The molecule has 0 aromatic heterocycles. The second-order valence-corrected chi connectivity index (χ2v) is 4.73. The molecule has 0 aliphatic heterocycles. The topological polar surface area (TPSA) is 29.3 Å². The van der Waals surface area contributed by atoms with Gasteiger partial charge in [0.1, 0.15) is 0 Å². The van der Waals surface area contributed by atoms with Gasteiger partial charge in [-0.05, 0) is 56.0 Å². The fourth-order valence-corrected chi connectivity index (χ4v) is 2.38. The van der Waals surface area contributed by atoms with Crippen molar-refractivity contribution in [1.82, 2.24) is 0 Å². The first-order valence-corrected chi connectivity index (χ1v) is 6.66. The number of rotatable bonds is 6. The maximum Gasteiger partial charge on any atom is 0.0368 e. The van der Waals surface area contributed by atoms with E-state index in [1.807, 2.05) is 0 Å². The molecule has 0 saturated heterocycles. The van der Waals surface area contributed by atoms with Gasteiger partial charge < -0.3 is 10.6 Å². The van der Waals surface area contributed by atoms with Gasteiger partial charge in [0.25, 0.3) is 0 Å². The third-order valence-corrected chi connectivity index (χ3v) is 3.64. The Balaban J connectivity index is 2.88. The lowest BCUT2D eigenvalue weighted by molar-refractivity contribution is 0.591.